The van der Waals surface area contributed by atoms with Gasteiger partial charge in [0.05, 0.1) is 0 Å². The van der Waals surface area contributed by atoms with E-state index in [0.717, 1.165) is 18.8 Å². The molecule has 102 valence electrons. The van der Waals surface area contributed by atoms with Gasteiger partial charge in [-0.3, -0.25) is 4.79 Å². The third-order valence-corrected chi connectivity index (χ3v) is 3.34. The van der Waals surface area contributed by atoms with Gasteiger partial charge in [0.15, 0.2) is 0 Å². The van der Waals surface area contributed by atoms with Gasteiger partial charge in [0.2, 0.25) is 0 Å². The van der Waals surface area contributed by atoms with Gasteiger partial charge in [-0.25, -0.2) is 4.98 Å². The second kappa shape index (κ2) is 6.00. The lowest BCUT2D eigenvalue weighted by Gasteiger charge is -2.23. The molecule has 1 rings (SSSR count). The van der Waals surface area contributed by atoms with Gasteiger partial charge in [0, 0.05) is 24.9 Å². The molecule has 0 bridgehead atoms. The van der Waals surface area contributed by atoms with E-state index in [4.69, 9.17) is 10.8 Å². The number of carbonyl (C=O) groups is 1. The summed E-state index contributed by atoms with van der Waals surface area (Å²) in [6.45, 7) is 6.76. The first-order valence-electron chi connectivity index (χ1n) is 6.44. The van der Waals surface area contributed by atoms with Crippen molar-refractivity contribution in [3.63, 3.8) is 0 Å². The van der Waals surface area contributed by atoms with Gasteiger partial charge in [0.25, 0.3) is 0 Å². The molecule has 1 aromatic heterocycles. The number of aryl methyl sites for hydroxylation is 1. The van der Waals surface area contributed by atoms with E-state index in [1.165, 1.54) is 0 Å². The molecule has 1 heterocycles. The first-order valence-corrected chi connectivity index (χ1v) is 6.44. The SMILES string of the molecule is CCC(N)(CCCn1ccnc1C(C)C)C(=O)O. The molecular formula is C13H23N3O2. The number of nitrogens with zero attached hydrogens (tertiary/aromatic N) is 2. The van der Waals surface area contributed by atoms with Crippen LogP contribution in [0, 0.1) is 0 Å². The highest BCUT2D eigenvalue weighted by Crippen LogP contribution is 2.17. The summed E-state index contributed by atoms with van der Waals surface area (Å²) in [6, 6.07) is 0. The van der Waals surface area contributed by atoms with Crippen LogP contribution >= 0.6 is 0 Å². The van der Waals surface area contributed by atoms with Crippen LogP contribution in [-0.2, 0) is 11.3 Å². The Hall–Kier alpha value is -1.36. The van der Waals surface area contributed by atoms with Crippen molar-refractivity contribution in [3.8, 4) is 0 Å². The Labute approximate surface area is 108 Å². The van der Waals surface area contributed by atoms with Crippen LogP contribution in [-0.4, -0.2) is 26.2 Å². The van der Waals surface area contributed by atoms with Crippen LogP contribution in [0.3, 0.4) is 0 Å². The molecule has 0 saturated carbocycles. The predicted molar refractivity (Wildman–Crippen MR) is 70.4 cm³/mol. The normalized spacial score (nSPS) is 14.7. The van der Waals surface area contributed by atoms with Crippen molar-refractivity contribution in [2.45, 2.75) is 58.0 Å². The van der Waals surface area contributed by atoms with Crippen LogP contribution in [0.25, 0.3) is 0 Å². The van der Waals surface area contributed by atoms with Gasteiger partial charge in [-0.15, -0.1) is 0 Å². The van der Waals surface area contributed by atoms with Crippen molar-refractivity contribution in [2.75, 3.05) is 0 Å². The topological polar surface area (TPSA) is 81.1 Å². The van der Waals surface area contributed by atoms with Gasteiger partial charge >= 0.3 is 5.97 Å². The van der Waals surface area contributed by atoms with Crippen molar-refractivity contribution in [2.24, 2.45) is 5.73 Å². The summed E-state index contributed by atoms with van der Waals surface area (Å²) in [5, 5.41) is 9.09. The zero-order chi connectivity index (χ0) is 13.8. The summed E-state index contributed by atoms with van der Waals surface area (Å²) in [6.07, 6.45) is 5.38. The molecule has 0 aliphatic heterocycles. The molecule has 0 aliphatic rings. The molecule has 1 aromatic rings. The van der Waals surface area contributed by atoms with Crippen LogP contribution in [0.1, 0.15) is 51.8 Å². The molecule has 18 heavy (non-hydrogen) atoms. The molecule has 3 N–H and O–H groups in total. The maximum Gasteiger partial charge on any atom is 0.323 e. The zero-order valence-electron chi connectivity index (χ0n) is 11.4. The average molecular weight is 253 g/mol. The molecule has 0 amide bonds. The Bertz CT molecular complexity index is 401. The molecule has 5 nitrogen and oxygen atoms in total. The molecule has 1 unspecified atom stereocenters. The Morgan fingerprint density at radius 2 is 2.28 bits per heavy atom. The van der Waals surface area contributed by atoms with Gasteiger partial charge in [-0.2, -0.15) is 0 Å². The highest BCUT2D eigenvalue weighted by molar-refractivity contribution is 5.78. The quantitative estimate of drug-likeness (QED) is 0.778. The first kappa shape index (κ1) is 14.7. The largest absolute Gasteiger partial charge is 0.480 e. The number of carboxylic acids is 1. The minimum atomic E-state index is -1.10. The monoisotopic (exact) mass is 253 g/mol. The highest BCUT2D eigenvalue weighted by Gasteiger charge is 2.31. The summed E-state index contributed by atoms with van der Waals surface area (Å²) in [7, 11) is 0. The molecule has 0 aromatic carbocycles. The number of aliphatic carboxylic acids is 1. The minimum Gasteiger partial charge on any atom is -0.480 e. The Morgan fingerprint density at radius 1 is 1.61 bits per heavy atom. The van der Waals surface area contributed by atoms with Crippen molar-refractivity contribution >= 4 is 5.97 Å². The molecule has 5 heteroatoms. The molecular weight excluding hydrogens is 230 g/mol. The third-order valence-electron chi connectivity index (χ3n) is 3.34. The molecule has 0 spiro atoms. The number of imidazole rings is 1. The zero-order valence-corrected chi connectivity index (χ0v) is 11.4. The molecule has 0 saturated heterocycles. The fourth-order valence-electron chi connectivity index (χ4n) is 2.01. The van der Waals surface area contributed by atoms with Crippen LogP contribution in [0.2, 0.25) is 0 Å². The van der Waals surface area contributed by atoms with E-state index in [-0.39, 0.29) is 0 Å². The summed E-state index contributed by atoms with van der Waals surface area (Å²) in [4.78, 5) is 15.4. The number of nitrogens with two attached hydrogens (primary N) is 1. The number of aromatic nitrogens is 2. The molecule has 1 atom stereocenters. The predicted octanol–water partition coefficient (Wildman–Crippen LogP) is 1.98. The smallest absolute Gasteiger partial charge is 0.323 e. The lowest BCUT2D eigenvalue weighted by atomic mass is 9.92. The van der Waals surface area contributed by atoms with Gasteiger partial charge in [0.1, 0.15) is 11.4 Å². The molecule has 0 radical (unpaired) electrons. The van der Waals surface area contributed by atoms with Crippen molar-refractivity contribution < 1.29 is 9.90 Å². The molecule has 0 aliphatic carbocycles. The second-order valence-corrected chi connectivity index (χ2v) is 5.05. The number of rotatable bonds is 7. The summed E-state index contributed by atoms with van der Waals surface area (Å²) in [5.74, 6) is 0.484. The van der Waals surface area contributed by atoms with Crippen LogP contribution in [0.5, 0.6) is 0 Å². The maximum absolute atomic E-state index is 11.1. The Morgan fingerprint density at radius 3 is 2.78 bits per heavy atom. The third kappa shape index (κ3) is 3.32. The van der Waals surface area contributed by atoms with E-state index in [2.05, 4.69) is 23.4 Å². The van der Waals surface area contributed by atoms with E-state index in [0.29, 0.717) is 18.8 Å². The summed E-state index contributed by atoms with van der Waals surface area (Å²) >= 11 is 0. The van der Waals surface area contributed by atoms with Gasteiger partial charge in [-0.05, 0) is 19.3 Å². The van der Waals surface area contributed by atoms with Gasteiger partial charge < -0.3 is 15.4 Å². The first-order chi connectivity index (χ1) is 8.40. The lowest BCUT2D eigenvalue weighted by Crippen LogP contribution is -2.47. The van der Waals surface area contributed by atoms with Crippen molar-refractivity contribution in [1.82, 2.24) is 9.55 Å². The van der Waals surface area contributed by atoms with Crippen molar-refractivity contribution in [1.29, 1.82) is 0 Å². The summed E-state index contributed by atoms with van der Waals surface area (Å²) in [5.41, 5.74) is 4.75. The highest BCUT2D eigenvalue weighted by atomic mass is 16.4. The molecule has 0 fully saturated rings. The maximum atomic E-state index is 11.1. The Balaban J connectivity index is 2.56. The fraction of sp³-hybridized carbons (Fsp3) is 0.692. The van der Waals surface area contributed by atoms with E-state index in [1.807, 2.05) is 13.1 Å². The number of carboxylic acid groups (broad SMARTS) is 1. The van der Waals surface area contributed by atoms with Gasteiger partial charge in [-0.1, -0.05) is 20.8 Å². The standard InChI is InChI=1S/C13H23N3O2/c1-4-13(14,12(17)18)6-5-8-16-9-7-15-11(16)10(2)3/h7,9-10H,4-6,8,14H2,1-3H3,(H,17,18). The van der Waals surface area contributed by atoms with Crippen molar-refractivity contribution in [3.05, 3.63) is 18.2 Å². The van der Waals surface area contributed by atoms with E-state index < -0.39 is 11.5 Å². The minimum absolute atomic E-state index is 0.369. The number of hydrogen-bond donors (Lipinski definition) is 2. The van der Waals surface area contributed by atoms with Crippen LogP contribution in [0.15, 0.2) is 12.4 Å². The average Bonchev–Trinajstić information content (AvgIpc) is 2.77. The van der Waals surface area contributed by atoms with Crippen LogP contribution < -0.4 is 5.73 Å². The lowest BCUT2D eigenvalue weighted by molar-refractivity contribution is -0.143. The van der Waals surface area contributed by atoms with E-state index in [1.54, 1.807) is 6.20 Å². The number of hydrogen-bond acceptors (Lipinski definition) is 3. The summed E-state index contributed by atoms with van der Waals surface area (Å²) < 4.78 is 2.07. The Kier molecular flexibility index (Phi) is 4.90. The van der Waals surface area contributed by atoms with E-state index in [9.17, 15) is 4.79 Å². The fourth-order valence-corrected chi connectivity index (χ4v) is 2.01. The second-order valence-electron chi connectivity index (χ2n) is 5.05. The van der Waals surface area contributed by atoms with Crippen LogP contribution in [0.4, 0.5) is 0 Å². The van der Waals surface area contributed by atoms with E-state index >= 15 is 0 Å².